The first-order valence-corrected chi connectivity index (χ1v) is 10.3. The van der Waals surface area contributed by atoms with Crippen LogP contribution in [0.5, 0.6) is 0 Å². The van der Waals surface area contributed by atoms with Crippen molar-refractivity contribution in [1.29, 1.82) is 0 Å². The zero-order valence-corrected chi connectivity index (χ0v) is 14.2. The average Bonchev–Trinajstić information content (AvgIpc) is 2.84. The maximum atomic E-state index is 13.0. The van der Waals surface area contributed by atoms with Crippen LogP contribution in [-0.2, 0) is 10.0 Å². The number of halogens is 1. The SMILES string of the molecule is O=S(=O)(c1csc(-c2ccc(F)cc2)n1)N1CCCSCC1. The lowest BCUT2D eigenvalue weighted by Crippen LogP contribution is -2.33. The Balaban J connectivity index is 1.87. The number of aromatic nitrogens is 1. The maximum absolute atomic E-state index is 13.0. The normalized spacial score (nSPS) is 17.3. The van der Waals surface area contributed by atoms with Crippen molar-refractivity contribution in [3.8, 4) is 10.6 Å². The number of thioether (sulfide) groups is 1. The highest BCUT2D eigenvalue weighted by Gasteiger charge is 2.27. The van der Waals surface area contributed by atoms with E-state index >= 15 is 0 Å². The first-order chi connectivity index (χ1) is 10.6. The minimum Gasteiger partial charge on any atom is -0.223 e. The van der Waals surface area contributed by atoms with Crippen LogP contribution in [-0.4, -0.2) is 42.3 Å². The van der Waals surface area contributed by atoms with Crippen molar-refractivity contribution >= 4 is 33.1 Å². The molecular formula is C14H15FN2O2S3. The van der Waals surface area contributed by atoms with Gasteiger partial charge in [-0.1, -0.05) is 0 Å². The van der Waals surface area contributed by atoms with Gasteiger partial charge in [0.25, 0.3) is 10.0 Å². The molecule has 0 amide bonds. The summed E-state index contributed by atoms with van der Waals surface area (Å²) in [5, 5.41) is 2.23. The van der Waals surface area contributed by atoms with Gasteiger partial charge < -0.3 is 0 Å². The molecule has 1 aromatic heterocycles. The second-order valence-corrected chi connectivity index (χ2v) is 8.84. The summed E-state index contributed by atoms with van der Waals surface area (Å²) in [5.41, 5.74) is 0.722. The molecule has 118 valence electrons. The molecule has 0 unspecified atom stereocenters. The molecular weight excluding hydrogens is 343 g/mol. The van der Waals surface area contributed by atoms with Crippen LogP contribution in [0.3, 0.4) is 0 Å². The van der Waals surface area contributed by atoms with Crippen LogP contribution in [0, 0.1) is 5.82 Å². The molecule has 3 rings (SSSR count). The molecule has 1 saturated heterocycles. The van der Waals surface area contributed by atoms with Gasteiger partial charge in [-0.3, -0.25) is 0 Å². The minimum atomic E-state index is -3.54. The van der Waals surface area contributed by atoms with Crippen LogP contribution in [0.25, 0.3) is 10.6 Å². The van der Waals surface area contributed by atoms with Crippen molar-refractivity contribution in [2.45, 2.75) is 11.4 Å². The lowest BCUT2D eigenvalue weighted by Gasteiger charge is -2.17. The number of thiazole rings is 1. The molecule has 0 spiro atoms. The van der Waals surface area contributed by atoms with Crippen molar-refractivity contribution in [1.82, 2.24) is 9.29 Å². The molecule has 4 nitrogen and oxygen atoms in total. The molecule has 1 fully saturated rings. The van der Waals surface area contributed by atoms with E-state index in [1.54, 1.807) is 29.3 Å². The van der Waals surface area contributed by atoms with E-state index in [2.05, 4.69) is 4.98 Å². The van der Waals surface area contributed by atoms with Crippen LogP contribution >= 0.6 is 23.1 Å². The Hall–Kier alpha value is -0.960. The standard InChI is InChI=1S/C14H15FN2O2S3/c15-12-4-2-11(3-5-12)14-16-13(10-21-14)22(18,19)17-6-1-8-20-9-7-17/h2-5,10H,1,6-9H2. The largest absolute Gasteiger partial charge is 0.261 e. The molecule has 0 aliphatic carbocycles. The van der Waals surface area contributed by atoms with E-state index in [9.17, 15) is 12.8 Å². The molecule has 2 heterocycles. The Labute approximate surface area is 137 Å². The maximum Gasteiger partial charge on any atom is 0.261 e. The summed E-state index contributed by atoms with van der Waals surface area (Å²) in [6.45, 7) is 1.06. The van der Waals surface area contributed by atoms with Gasteiger partial charge in [-0.15, -0.1) is 11.3 Å². The van der Waals surface area contributed by atoms with Gasteiger partial charge in [0.2, 0.25) is 0 Å². The molecule has 0 bridgehead atoms. The highest BCUT2D eigenvalue weighted by Crippen LogP contribution is 2.28. The molecule has 0 N–H and O–H groups in total. The van der Waals surface area contributed by atoms with Gasteiger partial charge in [-0.2, -0.15) is 16.1 Å². The second kappa shape index (κ2) is 6.66. The summed E-state index contributed by atoms with van der Waals surface area (Å²) in [5.74, 6) is 1.48. The Morgan fingerprint density at radius 2 is 1.91 bits per heavy atom. The molecule has 0 saturated carbocycles. The van der Waals surface area contributed by atoms with Crippen molar-refractivity contribution in [3.63, 3.8) is 0 Å². The predicted octanol–water partition coefficient (Wildman–Crippen LogP) is 3.08. The highest BCUT2D eigenvalue weighted by molar-refractivity contribution is 7.99. The first kappa shape index (κ1) is 15.9. The molecule has 0 atom stereocenters. The second-order valence-electron chi connectivity index (χ2n) is 4.87. The smallest absolute Gasteiger partial charge is 0.223 e. The Morgan fingerprint density at radius 1 is 1.14 bits per heavy atom. The third-order valence-corrected chi connectivity index (χ3v) is 7.23. The zero-order valence-electron chi connectivity index (χ0n) is 11.7. The fourth-order valence-corrected chi connectivity index (χ4v) is 5.75. The van der Waals surface area contributed by atoms with Gasteiger partial charge >= 0.3 is 0 Å². The van der Waals surface area contributed by atoms with Gasteiger partial charge in [0.05, 0.1) is 0 Å². The van der Waals surface area contributed by atoms with Crippen molar-refractivity contribution in [2.24, 2.45) is 0 Å². The quantitative estimate of drug-likeness (QED) is 0.846. The molecule has 22 heavy (non-hydrogen) atoms. The summed E-state index contributed by atoms with van der Waals surface area (Å²) in [6.07, 6.45) is 0.860. The van der Waals surface area contributed by atoms with Gasteiger partial charge in [0, 0.05) is 29.8 Å². The minimum absolute atomic E-state index is 0.0868. The van der Waals surface area contributed by atoms with E-state index in [1.165, 1.54) is 27.8 Å². The van der Waals surface area contributed by atoms with Crippen molar-refractivity contribution in [2.75, 3.05) is 24.6 Å². The molecule has 1 aliphatic rings. The van der Waals surface area contributed by atoms with E-state index in [0.29, 0.717) is 18.1 Å². The third-order valence-electron chi connectivity index (χ3n) is 3.36. The van der Waals surface area contributed by atoms with Crippen LogP contribution in [0.2, 0.25) is 0 Å². The summed E-state index contributed by atoms with van der Waals surface area (Å²) >= 11 is 3.03. The van der Waals surface area contributed by atoms with Crippen LogP contribution < -0.4 is 0 Å². The highest BCUT2D eigenvalue weighted by atomic mass is 32.2. The van der Waals surface area contributed by atoms with Crippen LogP contribution in [0.4, 0.5) is 4.39 Å². The van der Waals surface area contributed by atoms with Gasteiger partial charge in [0.1, 0.15) is 10.8 Å². The Morgan fingerprint density at radius 3 is 2.68 bits per heavy atom. The molecule has 8 heteroatoms. The third kappa shape index (κ3) is 3.34. The van der Waals surface area contributed by atoms with E-state index in [1.807, 2.05) is 0 Å². The first-order valence-electron chi connectivity index (χ1n) is 6.87. The molecule has 0 radical (unpaired) electrons. The van der Waals surface area contributed by atoms with Gasteiger partial charge in [-0.05, 0) is 36.4 Å². The van der Waals surface area contributed by atoms with E-state index < -0.39 is 10.0 Å². The molecule has 1 aliphatic heterocycles. The number of hydrogen-bond donors (Lipinski definition) is 0. The van der Waals surface area contributed by atoms with Gasteiger partial charge in [0.15, 0.2) is 5.03 Å². The Bertz CT molecular complexity index is 736. The fourth-order valence-electron chi connectivity index (χ4n) is 2.20. The lowest BCUT2D eigenvalue weighted by atomic mass is 10.2. The molecule has 2 aromatic rings. The number of rotatable bonds is 3. The zero-order chi connectivity index (χ0) is 15.6. The summed E-state index contributed by atoms with van der Waals surface area (Å²) in [6, 6.07) is 5.90. The summed E-state index contributed by atoms with van der Waals surface area (Å²) in [4.78, 5) is 4.25. The predicted molar refractivity (Wildman–Crippen MR) is 88.2 cm³/mol. The molecule has 1 aromatic carbocycles. The number of nitrogens with zero attached hydrogens (tertiary/aromatic N) is 2. The van der Waals surface area contributed by atoms with Crippen LogP contribution in [0.15, 0.2) is 34.7 Å². The van der Waals surface area contributed by atoms with Crippen molar-refractivity contribution < 1.29 is 12.8 Å². The van der Waals surface area contributed by atoms with E-state index in [4.69, 9.17) is 0 Å². The lowest BCUT2D eigenvalue weighted by molar-refractivity contribution is 0.433. The monoisotopic (exact) mass is 358 g/mol. The van der Waals surface area contributed by atoms with E-state index in [0.717, 1.165) is 23.5 Å². The van der Waals surface area contributed by atoms with Crippen LogP contribution in [0.1, 0.15) is 6.42 Å². The van der Waals surface area contributed by atoms with Gasteiger partial charge in [-0.25, -0.2) is 17.8 Å². The fraction of sp³-hybridized carbons (Fsp3) is 0.357. The number of hydrogen-bond acceptors (Lipinski definition) is 5. The topological polar surface area (TPSA) is 50.3 Å². The van der Waals surface area contributed by atoms with Crippen molar-refractivity contribution in [3.05, 3.63) is 35.5 Å². The summed E-state index contributed by atoms with van der Waals surface area (Å²) in [7, 11) is -3.54. The number of sulfonamides is 1. The Kier molecular flexibility index (Phi) is 4.82. The average molecular weight is 358 g/mol. The van der Waals surface area contributed by atoms with E-state index in [-0.39, 0.29) is 10.8 Å². The summed E-state index contributed by atoms with van der Waals surface area (Å²) < 4.78 is 39.7. The number of benzene rings is 1.